The minimum Gasteiger partial charge on any atom is -0.462 e. The van der Waals surface area contributed by atoms with Crippen LogP contribution < -0.4 is 0 Å². The Morgan fingerprint density at radius 3 is 0.829 bits per heavy atom. The molecule has 1 atom stereocenters. The van der Waals surface area contributed by atoms with Crippen molar-refractivity contribution in [1.29, 1.82) is 0 Å². The van der Waals surface area contributed by atoms with Crippen molar-refractivity contribution in [2.75, 3.05) is 13.2 Å². The quantitative estimate of drug-likeness (QED) is 0.0261. The standard InChI is InChI=1S/C70H122O6/c1-4-7-10-13-16-19-21-23-25-27-29-30-31-32-33-34-35-36-37-38-39-40-42-43-45-47-49-51-54-57-60-63-69(72)75-66-67(65-74-68(71)62-59-56-53-18-15-12-9-6-3)76-70(73)64-61-58-55-52-50-48-46-44-41-28-26-24-22-20-17-14-11-8-5-2/h7,10,16-17,19-20,23-26,29-30,41,44,67H,4-6,8-9,11-15,18,21-22,27-28,31-40,42-43,45-66H2,1-3H3/b10-7-,19-16-,20-17-,25-23-,26-24-,30-29-,44-41-. The molecule has 0 spiro atoms. The summed E-state index contributed by atoms with van der Waals surface area (Å²) in [5.74, 6) is -0.882. The fourth-order valence-electron chi connectivity index (χ4n) is 9.27. The monoisotopic (exact) mass is 1060 g/mol. The van der Waals surface area contributed by atoms with Crippen LogP contribution in [0, 0.1) is 0 Å². The summed E-state index contributed by atoms with van der Waals surface area (Å²) in [7, 11) is 0. The van der Waals surface area contributed by atoms with Gasteiger partial charge in [-0.2, -0.15) is 0 Å². The van der Waals surface area contributed by atoms with Gasteiger partial charge in [-0.15, -0.1) is 0 Å². The first kappa shape index (κ1) is 72.6. The molecular weight excluding hydrogens is 937 g/mol. The lowest BCUT2D eigenvalue weighted by molar-refractivity contribution is -0.167. The Kier molecular flexibility index (Phi) is 61.2. The van der Waals surface area contributed by atoms with Crippen LogP contribution in [0.1, 0.15) is 323 Å². The van der Waals surface area contributed by atoms with E-state index in [1.165, 1.54) is 173 Å². The molecule has 0 aliphatic heterocycles. The molecule has 0 aliphatic carbocycles. The lowest BCUT2D eigenvalue weighted by atomic mass is 10.0. The second-order valence-electron chi connectivity index (χ2n) is 21.6. The van der Waals surface area contributed by atoms with Crippen molar-refractivity contribution in [3.05, 3.63) is 85.1 Å². The van der Waals surface area contributed by atoms with Crippen LogP contribution in [0.5, 0.6) is 0 Å². The minimum atomic E-state index is -0.780. The molecule has 6 heteroatoms. The van der Waals surface area contributed by atoms with Gasteiger partial charge in [0.05, 0.1) is 0 Å². The van der Waals surface area contributed by atoms with Gasteiger partial charge in [-0.05, 0) is 96.3 Å². The van der Waals surface area contributed by atoms with E-state index in [-0.39, 0.29) is 31.1 Å². The SMILES string of the molecule is CC/C=C\C/C=C\C/C=C\C/C=C\CCCCCCCCCCCCCCCCCCCCC(=O)OCC(COC(=O)CCCCCCCCCC)OC(=O)CCCCCCCC/C=C\C/C=C\C/C=C\CCCCC. The Balaban J connectivity index is 4.10. The Morgan fingerprint density at radius 1 is 0.276 bits per heavy atom. The Bertz CT molecular complexity index is 1450. The van der Waals surface area contributed by atoms with Gasteiger partial charge in [0.15, 0.2) is 6.10 Å². The lowest BCUT2D eigenvalue weighted by Crippen LogP contribution is -2.30. The predicted molar refractivity (Wildman–Crippen MR) is 330 cm³/mol. The normalized spacial score (nSPS) is 12.6. The fourth-order valence-corrected chi connectivity index (χ4v) is 9.27. The molecule has 0 radical (unpaired) electrons. The van der Waals surface area contributed by atoms with Crippen molar-refractivity contribution in [2.45, 2.75) is 329 Å². The maximum atomic E-state index is 12.9. The molecule has 6 nitrogen and oxygen atoms in total. The molecule has 1 unspecified atom stereocenters. The molecule has 0 bridgehead atoms. The highest BCUT2D eigenvalue weighted by Crippen LogP contribution is 2.17. The topological polar surface area (TPSA) is 78.9 Å². The average Bonchev–Trinajstić information content (AvgIpc) is 3.42. The summed E-state index contributed by atoms with van der Waals surface area (Å²) >= 11 is 0. The molecule has 0 aromatic heterocycles. The third-order valence-corrected chi connectivity index (χ3v) is 14.1. The number of hydrogen-bond donors (Lipinski definition) is 0. The van der Waals surface area contributed by atoms with Gasteiger partial charge in [0, 0.05) is 19.3 Å². The van der Waals surface area contributed by atoms with Crippen LogP contribution in [0.2, 0.25) is 0 Å². The number of allylic oxidation sites excluding steroid dienone is 14. The highest BCUT2D eigenvalue weighted by Gasteiger charge is 2.19. The second kappa shape index (κ2) is 64.1. The summed E-state index contributed by atoms with van der Waals surface area (Å²) in [6.45, 7) is 6.49. The van der Waals surface area contributed by atoms with Crippen molar-refractivity contribution < 1.29 is 28.6 Å². The highest BCUT2D eigenvalue weighted by molar-refractivity contribution is 5.71. The van der Waals surface area contributed by atoms with E-state index in [0.29, 0.717) is 19.3 Å². The van der Waals surface area contributed by atoms with Gasteiger partial charge in [0.1, 0.15) is 13.2 Å². The number of rotatable bonds is 59. The van der Waals surface area contributed by atoms with Gasteiger partial charge >= 0.3 is 17.9 Å². The zero-order valence-electron chi connectivity index (χ0n) is 50.3. The molecule has 0 fully saturated rings. The summed E-state index contributed by atoms with van der Waals surface area (Å²) in [4.78, 5) is 38.1. The van der Waals surface area contributed by atoms with Crippen LogP contribution in [0.15, 0.2) is 85.1 Å². The third-order valence-electron chi connectivity index (χ3n) is 14.1. The number of unbranched alkanes of at least 4 members (excludes halogenated alkanes) is 34. The number of carbonyl (C=O) groups excluding carboxylic acids is 3. The van der Waals surface area contributed by atoms with Gasteiger partial charge in [-0.25, -0.2) is 0 Å². The molecule has 0 aliphatic rings. The minimum absolute atomic E-state index is 0.0779. The molecule has 0 saturated heterocycles. The largest absolute Gasteiger partial charge is 0.462 e. The number of hydrogen-bond acceptors (Lipinski definition) is 6. The van der Waals surface area contributed by atoms with Crippen molar-refractivity contribution in [1.82, 2.24) is 0 Å². The summed E-state index contributed by atoms with van der Waals surface area (Å²) in [6, 6.07) is 0. The smallest absolute Gasteiger partial charge is 0.306 e. The molecule has 0 aromatic carbocycles. The fraction of sp³-hybridized carbons (Fsp3) is 0.757. The molecular formula is C70H122O6. The third kappa shape index (κ3) is 61.4. The molecule has 0 N–H and O–H groups in total. The molecule has 0 heterocycles. The summed E-state index contributed by atoms with van der Waals surface area (Å²) < 4.78 is 16.9. The molecule has 0 saturated carbocycles. The van der Waals surface area contributed by atoms with Crippen LogP contribution in [-0.4, -0.2) is 37.2 Å². The van der Waals surface area contributed by atoms with Crippen molar-refractivity contribution in [3.8, 4) is 0 Å². The zero-order chi connectivity index (χ0) is 55.0. The van der Waals surface area contributed by atoms with Crippen LogP contribution in [0.25, 0.3) is 0 Å². The van der Waals surface area contributed by atoms with Gasteiger partial charge in [-0.3, -0.25) is 14.4 Å². The number of ether oxygens (including phenoxy) is 3. The Hall–Kier alpha value is -3.41. The van der Waals surface area contributed by atoms with Crippen molar-refractivity contribution in [2.24, 2.45) is 0 Å². The van der Waals surface area contributed by atoms with Crippen LogP contribution >= 0.6 is 0 Å². The lowest BCUT2D eigenvalue weighted by Gasteiger charge is -2.18. The Morgan fingerprint density at radius 2 is 0.513 bits per heavy atom. The van der Waals surface area contributed by atoms with Gasteiger partial charge < -0.3 is 14.2 Å². The maximum absolute atomic E-state index is 12.9. The van der Waals surface area contributed by atoms with Crippen molar-refractivity contribution in [3.63, 3.8) is 0 Å². The van der Waals surface area contributed by atoms with Crippen LogP contribution in [-0.2, 0) is 28.6 Å². The summed E-state index contributed by atoms with van der Waals surface area (Å²) in [6.07, 6.45) is 84.7. The molecule has 0 rings (SSSR count). The summed E-state index contributed by atoms with van der Waals surface area (Å²) in [5.41, 5.74) is 0. The average molecular weight is 1060 g/mol. The Labute approximate surface area is 471 Å². The van der Waals surface area contributed by atoms with E-state index in [2.05, 4.69) is 106 Å². The van der Waals surface area contributed by atoms with Crippen molar-refractivity contribution >= 4 is 17.9 Å². The second-order valence-corrected chi connectivity index (χ2v) is 21.6. The highest BCUT2D eigenvalue weighted by atomic mass is 16.6. The predicted octanol–water partition coefficient (Wildman–Crippen LogP) is 22.3. The van der Waals surface area contributed by atoms with Gasteiger partial charge in [0.25, 0.3) is 0 Å². The van der Waals surface area contributed by atoms with Crippen LogP contribution in [0.4, 0.5) is 0 Å². The first-order valence-electron chi connectivity index (χ1n) is 32.6. The number of esters is 3. The van der Waals surface area contributed by atoms with E-state index in [4.69, 9.17) is 14.2 Å². The van der Waals surface area contributed by atoms with Gasteiger partial charge in [0.2, 0.25) is 0 Å². The first-order valence-corrected chi connectivity index (χ1v) is 32.6. The molecule has 0 aromatic rings. The summed E-state index contributed by atoms with van der Waals surface area (Å²) in [5, 5.41) is 0. The van der Waals surface area contributed by atoms with E-state index in [0.717, 1.165) is 109 Å². The van der Waals surface area contributed by atoms with E-state index in [1.807, 2.05) is 0 Å². The number of carbonyl (C=O) groups is 3. The molecule has 438 valence electrons. The van der Waals surface area contributed by atoms with Crippen LogP contribution in [0.3, 0.4) is 0 Å². The van der Waals surface area contributed by atoms with E-state index < -0.39 is 6.10 Å². The van der Waals surface area contributed by atoms with Gasteiger partial charge in [-0.1, -0.05) is 292 Å². The maximum Gasteiger partial charge on any atom is 0.306 e. The van der Waals surface area contributed by atoms with E-state index in [9.17, 15) is 14.4 Å². The van der Waals surface area contributed by atoms with E-state index >= 15 is 0 Å². The van der Waals surface area contributed by atoms with E-state index in [1.54, 1.807) is 0 Å². The molecule has 0 amide bonds. The molecule has 76 heavy (non-hydrogen) atoms. The zero-order valence-corrected chi connectivity index (χ0v) is 50.3. The first-order chi connectivity index (χ1) is 37.5.